The minimum Gasteiger partial charge on any atom is -0.481 e. The van der Waals surface area contributed by atoms with Gasteiger partial charge in [0, 0.05) is 12.8 Å². The van der Waals surface area contributed by atoms with Crippen molar-refractivity contribution in [2.24, 2.45) is 0 Å². The number of nitrogens with two attached hydrogens (primary N) is 1. The van der Waals surface area contributed by atoms with Crippen molar-refractivity contribution in [1.82, 2.24) is 4.98 Å². The molecule has 1 heterocycles. The van der Waals surface area contributed by atoms with Crippen molar-refractivity contribution < 1.29 is 9.90 Å². The molecule has 5 heteroatoms. The van der Waals surface area contributed by atoms with E-state index in [-0.39, 0.29) is 6.42 Å². The normalized spacial score (nSPS) is 9.31. The summed E-state index contributed by atoms with van der Waals surface area (Å²) in [4.78, 5) is 14.2. The Morgan fingerprint density at radius 2 is 2.31 bits per heavy atom. The summed E-state index contributed by atoms with van der Waals surface area (Å²) in [5.41, 5.74) is 6.54. The highest BCUT2D eigenvalue weighted by Crippen LogP contribution is 2.12. The molecule has 0 saturated carbocycles. The van der Waals surface area contributed by atoms with Crippen LogP contribution in [-0.2, 0) is 4.79 Å². The number of aliphatic carboxylic acids is 1. The van der Waals surface area contributed by atoms with Crippen LogP contribution in [0.5, 0.6) is 0 Å². The number of hydrogen-bond acceptors (Lipinski definition) is 3. The topological polar surface area (TPSA) is 76.2 Å². The van der Waals surface area contributed by atoms with Gasteiger partial charge in [-0.25, -0.2) is 4.98 Å². The summed E-state index contributed by atoms with van der Waals surface area (Å²) in [6, 6.07) is 3.23. The molecule has 1 aromatic rings. The molecule has 0 aliphatic heterocycles. The predicted molar refractivity (Wildman–Crippen MR) is 62.0 cm³/mol. The van der Waals surface area contributed by atoms with E-state index in [1.165, 1.54) is 0 Å². The Hall–Kier alpha value is -1.73. The number of rotatable bonds is 3. The van der Waals surface area contributed by atoms with Gasteiger partial charge in [0.25, 0.3) is 0 Å². The number of nitrogen functional groups attached to an aromatic ring is 1. The number of nitrogens with zero attached hydrogens (tertiary/aromatic N) is 1. The highest BCUT2D eigenvalue weighted by Gasteiger charge is 1.98. The lowest BCUT2D eigenvalue weighted by atomic mass is 10.2. The second-order valence-electron chi connectivity index (χ2n) is 3.12. The van der Waals surface area contributed by atoms with Crippen molar-refractivity contribution in [1.29, 1.82) is 0 Å². The molecule has 16 heavy (non-hydrogen) atoms. The van der Waals surface area contributed by atoms with Crippen LogP contribution < -0.4 is 5.73 Å². The zero-order valence-corrected chi connectivity index (χ0v) is 9.29. The highest BCUT2D eigenvalue weighted by atomic mass is 35.5. The lowest BCUT2D eigenvalue weighted by Gasteiger charge is -1.96. The number of pyridine rings is 1. The summed E-state index contributed by atoms with van der Waals surface area (Å²) in [5.74, 6) is 4.76. The Kier molecular flexibility index (Phi) is 4.62. The van der Waals surface area contributed by atoms with E-state index in [4.69, 9.17) is 22.4 Å². The van der Waals surface area contributed by atoms with Gasteiger partial charge in [0.1, 0.15) is 10.8 Å². The van der Waals surface area contributed by atoms with Gasteiger partial charge in [-0.1, -0.05) is 17.5 Å². The Bertz CT molecular complexity index is 449. The monoisotopic (exact) mass is 238 g/mol. The molecule has 0 unspecified atom stereocenters. The number of anilines is 1. The number of carboxylic acids is 1. The van der Waals surface area contributed by atoms with Crippen LogP contribution in [0.4, 0.5) is 5.69 Å². The molecule has 84 valence electrons. The SMILES string of the molecule is Nc1ccc(Cl)nc1C#CCCCC(=O)O. The second-order valence-corrected chi connectivity index (χ2v) is 3.51. The van der Waals surface area contributed by atoms with Crippen LogP contribution in [-0.4, -0.2) is 16.1 Å². The lowest BCUT2D eigenvalue weighted by Crippen LogP contribution is -1.94. The van der Waals surface area contributed by atoms with Gasteiger partial charge in [-0.3, -0.25) is 4.79 Å². The molecule has 0 aliphatic rings. The maximum absolute atomic E-state index is 10.2. The fourth-order valence-electron chi connectivity index (χ4n) is 1.02. The Morgan fingerprint density at radius 1 is 1.56 bits per heavy atom. The number of unbranched alkanes of at least 4 members (excludes halogenated alkanes) is 1. The zero-order chi connectivity index (χ0) is 12.0. The Balaban J connectivity index is 2.56. The van der Waals surface area contributed by atoms with Gasteiger partial charge in [-0.05, 0) is 24.5 Å². The third-order valence-electron chi connectivity index (χ3n) is 1.79. The smallest absolute Gasteiger partial charge is 0.303 e. The summed E-state index contributed by atoms with van der Waals surface area (Å²) in [5, 5.41) is 8.75. The van der Waals surface area contributed by atoms with Crippen molar-refractivity contribution in [2.45, 2.75) is 19.3 Å². The fraction of sp³-hybridized carbons (Fsp3) is 0.273. The predicted octanol–water partition coefficient (Wildman–Crippen LogP) is 1.92. The summed E-state index contributed by atoms with van der Waals surface area (Å²) >= 11 is 5.69. The van der Waals surface area contributed by atoms with Crippen molar-refractivity contribution >= 4 is 23.3 Å². The van der Waals surface area contributed by atoms with Gasteiger partial charge >= 0.3 is 5.97 Å². The quantitative estimate of drug-likeness (QED) is 0.479. The molecule has 3 N–H and O–H groups in total. The molecule has 0 saturated heterocycles. The van der Waals surface area contributed by atoms with Gasteiger partial charge < -0.3 is 10.8 Å². The number of carbonyl (C=O) groups is 1. The summed E-state index contributed by atoms with van der Waals surface area (Å²) < 4.78 is 0. The average molecular weight is 239 g/mol. The molecule has 4 nitrogen and oxygen atoms in total. The van der Waals surface area contributed by atoms with Crippen molar-refractivity contribution in [3.8, 4) is 11.8 Å². The first-order valence-corrected chi connectivity index (χ1v) is 5.10. The summed E-state index contributed by atoms with van der Waals surface area (Å²) in [7, 11) is 0. The molecule has 0 spiro atoms. The molecule has 0 aliphatic carbocycles. The van der Waals surface area contributed by atoms with Crippen LogP contribution in [0.1, 0.15) is 25.0 Å². The summed E-state index contributed by atoms with van der Waals surface area (Å²) in [6.07, 6.45) is 1.13. The van der Waals surface area contributed by atoms with E-state index in [1.807, 2.05) is 0 Å². The zero-order valence-electron chi connectivity index (χ0n) is 8.53. The fourth-order valence-corrected chi connectivity index (χ4v) is 1.17. The molecule has 0 fully saturated rings. The third kappa shape index (κ3) is 4.20. The van der Waals surface area contributed by atoms with Gasteiger partial charge in [-0.2, -0.15) is 0 Å². The van der Waals surface area contributed by atoms with E-state index in [2.05, 4.69) is 16.8 Å². The minimum absolute atomic E-state index is 0.118. The van der Waals surface area contributed by atoms with E-state index in [0.29, 0.717) is 29.4 Å². The first kappa shape index (κ1) is 12.3. The van der Waals surface area contributed by atoms with Crippen molar-refractivity contribution in [2.75, 3.05) is 5.73 Å². The van der Waals surface area contributed by atoms with Gasteiger partial charge in [-0.15, -0.1) is 0 Å². The first-order valence-electron chi connectivity index (χ1n) is 4.72. The maximum atomic E-state index is 10.2. The number of aromatic nitrogens is 1. The van der Waals surface area contributed by atoms with Crippen LogP contribution in [0.2, 0.25) is 5.15 Å². The van der Waals surface area contributed by atoms with Crippen LogP contribution in [0.25, 0.3) is 0 Å². The van der Waals surface area contributed by atoms with E-state index < -0.39 is 5.97 Å². The maximum Gasteiger partial charge on any atom is 0.303 e. The lowest BCUT2D eigenvalue weighted by molar-refractivity contribution is -0.137. The molecule has 0 radical (unpaired) electrons. The van der Waals surface area contributed by atoms with E-state index in [0.717, 1.165) is 0 Å². The molecule has 1 aromatic heterocycles. The van der Waals surface area contributed by atoms with Crippen molar-refractivity contribution in [3.63, 3.8) is 0 Å². The standard InChI is InChI=1S/C11H11ClN2O2/c12-10-7-6-8(13)9(14-10)4-2-1-3-5-11(15)16/h6-7H,1,3,5,13H2,(H,15,16). The van der Waals surface area contributed by atoms with E-state index in [1.54, 1.807) is 12.1 Å². The van der Waals surface area contributed by atoms with E-state index in [9.17, 15) is 4.79 Å². The van der Waals surface area contributed by atoms with Crippen molar-refractivity contribution in [3.05, 3.63) is 23.0 Å². The number of hydrogen-bond donors (Lipinski definition) is 2. The van der Waals surface area contributed by atoms with Crippen LogP contribution >= 0.6 is 11.6 Å². The summed E-state index contributed by atoms with van der Waals surface area (Å²) in [6.45, 7) is 0. The molecular formula is C11H11ClN2O2. The number of carboxylic acid groups (broad SMARTS) is 1. The molecule has 0 atom stereocenters. The van der Waals surface area contributed by atoms with Crippen LogP contribution in [0, 0.1) is 11.8 Å². The van der Waals surface area contributed by atoms with Gasteiger partial charge in [0.15, 0.2) is 0 Å². The molecular weight excluding hydrogens is 228 g/mol. The average Bonchev–Trinajstić information content (AvgIpc) is 2.22. The first-order chi connectivity index (χ1) is 7.59. The molecule has 1 rings (SSSR count). The van der Waals surface area contributed by atoms with Gasteiger partial charge in [0.05, 0.1) is 5.69 Å². The third-order valence-corrected chi connectivity index (χ3v) is 2.00. The second kappa shape index (κ2) is 5.99. The Morgan fingerprint density at radius 3 is 3.00 bits per heavy atom. The van der Waals surface area contributed by atoms with E-state index >= 15 is 0 Å². The van der Waals surface area contributed by atoms with Gasteiger partial charge in [0.2, 0.25) is 0 Å². The molecule has 0 bridgehead atoms. The Labute approximate surface area is 98.4 Å². The largest absolute Gasteiger partial charge is 0.481 e. The van der Waals surface area contributed by atoms with Crippen LogP contribution in [0.15, 0.2) is 12.1 Å². The molecule has 0 amide bonds. The highest BCUT2D eigenvalue weighted by molar-refractivity contribution is 6.29. The minimum atomic E-state index is -0.817. The van der Waals surface area contributed by atoms with Crippen LogP contribution in [0.3, 0.4) is 0 Å². The molecule has 0 aromatic carbocycles. The number of halogens is 1.